The Kier molecular flexibility index (Phi) is 13.9. The number of nitrogens with one attached hydrogen (secondary N) is 2. The van der Waals surface area contributed by atoms with E-state index < -0.39 is 11.9 Å². The molecule has 2 aromatic heterocycles. The van der Waals surface area contributed by atoms with E-state index in [0.717, 1.165) is 92.6 Å². The Morgan fingerprint density at radius 1 is 0.946 bits per heavy atom. The number of carbonyl (C=O) groups is 3. The number of aromatic amines is 1. The van der Waals surface area contributed by atoms with E-state index in [1.807, 2.05) is 37.3 Å². The van der Waals surface area contributed by atoms with Gasteiger partial charge in [-0.15, -0.1) is 17.5 Å². The molecule has 3 heterocycles. The summed E-state index contributed by atoms with van der Waals surface area (Å²) in [5.41, 5.74) is 17.7. The first-order valence-corrected chi connectivity index (χ1v) is 19.6. The van der Waals surface area contributed by atoms with Gasteiger partial charge in [-0.3, -0.25) is 24.3 Å². The molecule has 7 rings (SSSR count). The van der Waals surface area contributed by atoms with Crippen LogP contribution in [-0.2, 0) is 20.7 Å². The van der Waals surface area contributed by atoms with Crippen LogP contribution in [0.1, 0.15) is 73.0 Å². The van der Waals surface area contributed by atoms with Gasteiger partial charge in [0.2, 0.25) is 5.91 Å². The second-order valence-corrected chi connectivity index (χ2v) is 15.3. The van der Waals surface area contributed by atoms with Gasteiger partial charge in [-0.25, -0.2) is 10.00 Å². The highest BCUT2D eigenvalue weighted by molar-refractivity contribution is 6.17. The van der Waals surface area contributed by atoms with E-state index in [0.29, 0.717) is 48.6 Å². The Morgan fingerprint density at radius 3 is 2.25 bits per heavy atom. The van der Waals surface area contributed by atoms with Gasteiger partial charge in [0, 0.05) is 48.4 Å². The number of benzene rings is 2. The Labute approximate surface area is 333 Å². The zero-order valence-corrected chi connectivity index (χ0v) is 32.8. The average Bonchev–Trinajstić information content (AvgIpc) is 3.77. The Hall–Kier alpha value is -4.60. The number of halogens is 1. The molecule has 2 aromatic carbocycles. The van der Waals surface area contributed by atoms with Crippen LogP contribution in [0.3, 0.4) is 0 Å². The number of anilines is 1. The third-order valence-electron chi connectivity index (χ3n) is 11.7. The van der Waals surface area contributed by atoms with Crippen LogP contribution in [0, 0.1) is 18.8 Å². The molecule has 298 valence electrons. The molecular weight excluding hydrogens is 732 g/mol. The molecule has 1 saturated heterocycles. The second kappa shape index (κ2) is 19.0. The number of aromatic nitrogens is 5. The van der Waals surface area contributed by atoms with Crippen molar-refractivity contribution in [2.75, 3.05) is 37.7 Å². The molecule has 0 radical (unpaired) electrons. The molecule has 3 amide bonds. The number of imide groups is 1. The second-order valence-electron chi connectivity index (χ2n) is 15.3. The average molecular weight is 785 g/mol. The molecule has 3 fully saturated rings. The quantitative estimate of drug-likeness (QED) is 0.170. The number of nitrogens with two attached hydrogens (primary N) is 2. The normalized spacial score (nSPS) is 22.1. The van der Waals surface area contributed by atoms with E-state index >= 15 is 0 Å². The Balaban J connectivity index is 0.00000532. The molecule has 0 unspecified atom stereocenters. The van der Waals surface area contributed by atoms with E-state index in [4.69, 9.17) is 16.2 Å². The number of aryl methyl sites for hydroxylation is 1. The van der Waals surface area contributed by atoms with Crippen LogP contribution in [-0.4, -0.2) is 99.2 Å². The van der Waals surface area contributed by atoms with Crippen LogP contribution in [0.25, 0.3) is 22.5 Å². The summed E-state index contributed by atoms with van der Waals surface area (Å²) in [6.07, 6.45) is 9.15. The number of ether oxygens (including phenoxy) is 1. The molecule has 1 atom stereocenters. The summed E-state index contributed by atoms with van der Waals surface area (Å²) in [5.74, 6) is -0.245. The van der Waals surface area contributed by atoms with Crippen LogP contribution >= 0.6 is 12.4 Å². The summed E-state index contributed by atoms with van der Waals surface area (Å²) >= 11 is 0. The summed E-state index contributed by atoms with van der Waals surface area (Å²) in [5, 5.41) is 17.2. The molecule has 1 aliphatic heterocycles. The fourth-order valence-electron chi connectivity index (χ4n) is 8.34. The number of tetrazole rings is 1. The summed E-state index contributed by atoms with van der Waals surface area (Å²) in [4.78, 5) is 49.6. The van der Waals surface area contributed by atoms with Crippen molar-refractivity contribution in [1.82, 2.24) is 35.8 Å². The highest BCUT2D eigenvalue weighted by Gasteiger charge is 2.35. The van der Waals surface area contributed by atoms with E-state index in [1.165, 1.54) is 4.90 Å². The molecular formula is C41H53ClN10O4. The highest BCUT2D eigenvalue weighted by atomic mass is 35.5. The number of H-pyrrole nitrogens is 1. The predicted molar refractivity (Wildman–Crippen MR) is 216 cm³/mol. The van der Waals surface area contributed by atoms with Gasteiger partial charge in [0.15, 0.2) is 5.82 Å². The fourth-order valence-corrected chi connectivity index (χ4v) is 8.34. The maximum absolute atomic E-state index is 14.1. The van der Waals surface area contributed by atoms with Gasteiger partial charge < -0.3 is 21.5 Å². The Bertz CT molecular complexity index is 1910. The van der Waals surface area contributed by atoms with Crippen molar-refractivity contribution >= 4 is 35.8 Å². The molecule has 6 N–H and O–H groups in total. The van der Waals surface area contributed by atoms with E-state index in [-0.39, 0.29) is 42.6 Å². The minimum Gasteiger partial charge on any atom is -0.379 e. The van der Waals surface area contributed by atoms with Crippen LogP contribution in [0.4, 0.5) is 5.69 Å². The van der Waals surface area contributed by atoms with Crippen molar-refractivity contribution in [3.05, 3.63) is 77.6 Å². The van der Waals surface area contributed by atoms with Gasteiger partial charge >= 0.3 is 0 Å². The number of morpholine rings is 1. The third kappa shape index (κ3) is 9.67. The van der Waals surface area contributed by atoms with Crippen LogP contribution in [0.2, 0.25) is 0 Å². The topological polar surface area (TPSA) is 198 Å². The van der Waals surface area contributed by atoms with Gasteiger partial charge in [-0.1, -0.05) is 24.3 Å². The van der Waals surface area contributed by atoms with Crippen molar-refractivity contribution in [2.45, 2.75) is 82.8 Å². The van der Waals surface area contributed by atoms with E-state index in [1.54, 1.807) is 30.5 Å². The standard InChI is InChI=1S/C41H52N10O4.ClH/c1-26-22-37(39(52)45-32-12-16-33(17-13-32)50-18-20-55-21-19-50)44-25-35(26)29-6-2-27(3-7-29)23-36(43)41(54)51(40(53)31-8-4-28(24-42)5-9-31)34-14-10-30(11-15-34)38-46-48-49-47-38;/h2-3,6-7,10-11,14-15,22,25,28,31-33,36H,4-5,8-9,12-13,16-21,23-24,42-43H2,1H3,(H,45,52)(H,46,47,48,49);1H/t28-,31-,32-,33-,36-;/m0./s1. The molecule has 15 heteroatoms. The SMILES string of the molecule is Cc1cc(C(=O)N[C@H]2CC[C@H](N3CCOCC3)CC2)ncc1-c1ccc(C[C@H](N)C(=O)N(c2ccc(-c3nnn[nH]3)cc2)C(=O)[C@H]2CC[C@H](CN)CC2)cc1.Cl. The number of hydrogen-bond acceptors (Lipinski definition) is 11. The molecule has 56 heavy (non-hydrogen) atoms. The Morgan fingerprint density at radius 2 is 1.62 bits per heavy atom. The van der Waals surface area contributed by atoms with Crippen molar-refractivity contribution in [3.8, 4) is 22.5 Å². The lowest BCUT2D eigenvalue weighted by atomic mass is 9.81. The smallest absolute Gasteiger partial charge is 0.270 e. The molecule has 14 nitrogen and oxygen atoms in total. The minimum absolute atomic E-state index is 0. The van der Waals surface area contributed by atoms with Crippen LogP contribution in [0.5, 0.6) is 0 Å². The van der Waals surface area contributed by atoms with E-state index in [9.17, 15) is 14.4 Å². The number of hydrogen-bond donors (Lipinski definition) is 4. The van der Waals surface area contributed by atoms with Crippen molar-refractivity contribution in [3.63, 3.8) is 0 Å². The van der Waals surface area contributed by atoms with Crippen LogP contribution in [0.15, 0.2) is 60.8 Å². The largest absolute Gasteiger partial charge is 0.379 e. The zero-order chi connectivity index (χ0) is 38.3. The van der Waals surface area contributed by atoms with Gasteiger partial charge in [-0.2, -0.15) is 0 Å². The van der Waals surface area contributed by atoms with Gasteiger partial charge in [0.1, 0.15) is 5.69 Å². The van der Waals surface area contributed by atoms with Crippen LogP contribution < -0.4 is 21.7 Å². The summed E-state index contributed by atoms with van der Waals surface area (Å²) < 4.78 is 5.50. The third-order valence-corrected chi connectivity index (χ3v) is 11.7. The lowest BCUT2D eigenvalue weighted by Crippen LogP contribution is -2.50. The highest BCUT2D eigenvalue weighted by Crippen LogP contribution is 2.32. The molecule has 2 saturated carbocycles. The van der Waals surface area contributed by atoms with Gasteiger partial charge in [0.25, 0.3) is 11.8 Å². The van der Waals surface area contributed by atoms with Gasteiger partial charge in [-0.05, 0) is 135 Å². The first kappa shape index (κ1) is 41.0. The van der Waals surface area contributed by atoms with Crippen molar-refractivity contribution in [2.24, 2.45) is 23.3 Å². The zero-order valence-electron chi connectivity index (χ0n) is 31.9. The number of pyridine rings is 1. The number of nitrogens with zero attached hydrogens (tertiary/aromatic N) is 6. The van der Waals surface area contributed by atoms with Crippen molar-refractivity contribution < 1.29 is 19.1 Å². The first-order chi connectivity index (χ1) is 26.8. The number of rotatable bonds is 11. The minimum atomic E-state index is -0.955. The van der Waals surface area contributed by atoms with Crippen molar-refractivity contribution in [1.29, 1.82) is 0 Å². The summed E-state index contributed by atoms with van der Waals surface area (Å²) in [6.45, 7) is 6.17. The number of carbonyl (C=O) groups excluding carboxylic acids is 3. The molecule has 0 spiro atoms. The molecule has 3 aliphatic rings. The van der Waals surface area contributed by atoms with E-state index in [2.05, 4.69) is 35.8 Å². The predicted octanol–water partition coefficient (Wildman–Crippen LogP) is 4.23. The molecule has 0 bridgehead atoms. The summed E-state index contributed by atoms with van der Waals surface area (Å²) in [7, 11) is 0. The lowest BCUT2D eigenvalue weighted by Gasteiger charge is -2.38. The number of amides is 3. The van der Waals surface area contributed by atoms with Gasteiger partial charge in [0.05, 0.1) is 24.9 Å². The lowest BCUT2D eigenvalue weighted by molar-refractivity contribution is -0.130. The molecule has 2 aliphatic carbocycles. The summed E-state index contributed by atoms with van der Waals surface area (Å²) in [6, 6.07) is 16.4. The fraction of sp³-hybridized carbons (Fsp3) is 0.488. The maximum Gasteiger partial charge on any atom is 0.270 e. The molecule has 4 aromatic rings. The maximum atomic E-state index is 14.1. The first-order valence-electron chi connectivity index (χ1n) is 19.6. The monoisotopic (exact) mass is 784 g/mol.